The van der Waals surface area contributed by atoms with Gasteiger partial charge in [0.15, 0.2) is 5.82 Å². The van der Waals surface area contributed by atoms with Crippen LogP contribution in [0.15, 0.2) is 48.8 Å². The first-order valence-corrected chi connectivity index (χ1v) is 8.71. The average Bonchev–Trinajstić information content (AvgIpc) is 2.95. The van der Waals surface area contributed by atoms with Crippen LogP contribution in [0.25, 0.3) is 11.3 Å². The van der Waals surface area contributed by atoms with E-state index in [4.69, 9.17) is 0 Å². The highest BCUT2D eigenvalue weighted by molar-refractivity contribution is 6.03. The molecule has 0 atom stereocenters. The second-order valence-electron chi connectivity index (χ2n) is 6.87. The lowest BCUT2D eigenvalue weighted by Crippen LogP contribution is -2.14. The fraction of sp³-hybridized carbons (Fsp3) is 0.190. The standard InChI is InChI=1S/C21H16F3N3O/c1-12-6-13-8-21(23,24)9-14(13)7-16(12)18-10-26-19(11-25-18)27-20(28)15-4-2-3-5-17(15)22/h2-7,10-11H,8-9H2,1H3,(H,26,27,28). The SMILES string of the molecule is Cc1cc2c(cc1-c1cnc(NC(=O)c3ccccc3F)cn1)CC(F)(F)C2. The van der Waals surface area contributed by atoms with E-state index in [1.807, 2.05) is 6.92 Å². The van der Waals surface area contributed by atoms with Gasteiger partial charge in [-0.25, -0.2) is 18.2 Å². The molecule has 7 heteroatoms. The number of alkyl halides is 2. The van der Waals surface area contributed by atoms with Crippen molar-refractivity contribution in [3.8, 4) is 11.3 Å². The van der Waals surface area contributed by atoms with E-state index in [2.05, 4.69) is 15.3 Å². The molecular formula is C21H16F3N3O. The number of hydrogen-bond acceptors (Lipinski definition) is 3. The molecule has 0 bridgehead atoms. The monoisotopic (exact) mass is 383 g/mol. The normalized spacial score (nSPS) is 14.6. The lowest BCUT2D eigenvalue weighted by atomic mass is 9.99. The van der Waals surface area contributed by atoms with E-state index in [1.54, 1.807) is 18.2 Å². The van der Waals surface area contributed by atoms with Gasteiger partial charge in [-0.15, -0.1) is 0 Å². The number of benzene rings is 2. The summed E-state index contributed by atoms with van der Waals surface area (Å²) in [6.07, 6.45) is 2.30. The molecule has 142 valence electrons. The summed E-state index contributed by atoms with van der Waals surface area (Å²) in [5.74, 6) is -3.80. The van der Waals surface area contributed by atoms with Crippen LogP contribution in [0.5, 0.6) is 0 Å². The van der Waals surface area contributed by atoms with Gasteiger partial charge < -0.3 is 5.32 Å². The molecule has 1 aliphatic carbocycles. The highest BCUT2D eigenvalue weighted by atomic mass is 19.3. The number of aromatic nitrogens is 2. The first-order chi connectivity index (χ1) is 13.3. The highest BCUT2D eigenvalue weighted by Gasteiger charge is 2.37. The summed E-state index contributed by atoms with van der Waals surface area (Å²) in [5.41, 5.74) is 3.24. The number of halogens is 3. The van der Waals surface area contributed by atoms with Crippen molar-refractivity contribution in [2.45, 2.75) is 25.7 Å². The molecule has 0 unspecified atom stereocenters. The highest BCUT2D eigenvalue weighted by Crippen LogP contribution is 2.37. The largest absolute Gasteiger partial charge is 0.305 e. The first-order valence-electron chi connectivity index (χ1n) is 8.71. The molecule has 0 saturated carbocycles. The number of anilines is 1. The van der Waals surface area contributed by atoms with Gasteiger partial charge in [-0.05, 0) is 41.8 Å². The molecular weight excluding hydrogens is 367 g/mol. The van der Waals surface area contributed by atoms with E-state index in [0.29, 0.717) is 16.8 Å². The van der Waals surface area contributed by atoms with E-state index >= 15 is 0 Å². The van der Waals surface area contributed by atoms with Gasteiger partial charge >= 0.3 is 0 Å². The summed E-state index contributed by atoms with van der Waals surface area (Å²) in [6.45, 7) is 1.83. The van der Waals surface area contributed by atoms with Crippen LogP contribution in [0.1, 0.15) is 27.0 Å². The fourth-order valence-corrected chi connectivity index (χ4v) is 3.40. The van der Waals surface area contributed by atoms with Gasteiger partial charge in [0.1, 0.15) is 5.82 Å². The Morgan fingerprint density at radius 3 is 2.46 bits per heavy atom. The number of carbonyl (C=O) groups excluding carboxylic acids is 1. The topological polar surface area (TPSA) is 54.9 Å². The maximum atomic E-state index is 13.7. The predicted molar refractivity (Wildman–Crippen MR) is 98.9 cm³/mol. The van der Waals surface area contributed by atoms with Gasteiger partial charge in [0, 0.05) is 18.4 Å². The molecule has 0 spiro atoms. The number of nitrogens with one attached hydrogen (secondary N) is 1. The molecule has 28 heavy (non-hydrogen) atoms. The number of nitrogens with zero attached hydrogens (tertiary/aromatic N) is 2. The van der Waals surface area contributed by atoms with Crippen molar-refractivity contribution in [3.05, 3.63) is 76.9 Å². The van der Waals surface area contributed by atoms with Crippen LogP contribution in [0.4, 0.5) is 19.0 Å². The van der Waals surface area contributed by atoms with Gasteiger partial charge in [-0.3, -0.25) is 9.78 Å². The second-order valence-corrected chi connectivity index (χ2v) is 6.87. The second kappa shape index (κ2) is 6.74. The average molecular weight is 383 g/mol. The first kappa shape index (κ1) is 18.2. The third-order valence-corrected chi connectivity index (χ3v) is 4.73. The van der Waals surface area contributed by atoms with Crippen LogP contribution in [-0.4, -0.2) is 21.8 Å². The summed E-state index contributed by atoms with van der Waals surface area (Å²) in [5, 5.41) is 2.49. The van der Waals surface area contributed by atoms with E-state index in [1.165, 1.54) is 30.6 Å². The van der Waals surface area contributed by atoms with Crippen molar-refractivity contribution in [3.63, 3.8) is 0 Å². The predicted octanol–water partition coefficient (Wildman–Crippen LogP) is 4.58. The minimum atomic E-state index is -2.71. The number of rotatable bonds is 3. The lowest BCUT2D eigenvalue weighted by Gasteiger charge is -2.10. The van der Waals surface area contributed by atoms with Crippen LogP contribution in [0.2, 0.25) is 0 Å². The summed E-state index contributed by atoms with van der Waals surface area (Å²) in [7, 11) is 0. The van der Waals surface area contributed by atoms with Crippen LogP contribution in [0.3, 0.4) is 0 Å². The van der Waals surface area contributed by atoms with Gasteiger partial charge in [0.05, 0.1) is 23.7 Å². The van der Waals surface area contributed by atoms with Crippen LogP contribution < -0.4 is 5.32 Å². The number of hydrogen-bond donors (Lipinski definition) is 1. The third-order valence-electron chi connectivity index (χ3n) is 4.73. The van der Waals surface area contributed by atoms with Gasteiger partial charge in [0.25, 0.3) is 11.8 Å². The minimum Gasteiger partial charge on any atom is -0.305 e. The Morgan fingerprint density at radius 1 is 1.07 bits per heavy atom. The number of aryl methyl sites for hydroxylation is 1. The molecule has 4 rings (SSSR count). The molecule has 0 radical (unpaired) electrons. The molecule has 3 aromatic rings. The molecule has 0 saturated heterocycles. The Morgan fingerprint density at radius 2 is 1.79 bits per heavy atom. The van der Waals surface area contributed by atoms with Gasteiger partial charge in [-0.2, -0.15) is 0 Å². The van der Waals surface area contributed by atoms with Crippen molar-refractivity contribution < 1.29 is 18.0 Å². The van der Waals surface area contributed by atoms with Gasteiger partial charge in [0.2, 0.25) is 0 Å². The van der Waals surface area contributed by atoms with E-state index in [-0.39, 0.29) is 24.2 Å². The third kappa shape index (κ3) is 3.47. The molecule has 4 nitrogen and oxygen atoms in total. The Hall–Kier alpha value is -3.22. The van der Waals surface area contributed by atoms with Crippen molar-refractivity contribution >= 4 is 11.7 Å². The van der Waals surface area contributed by atoms with Crippen LogP contribution in [-0.2, 0) is 12.8 Å². The zero-order valence-corrected chi connectivity index (χ0v) is 15.0. The zero-order valence-electron chi connectivity index (χ0n) is 15.0. The van der Waals surface area contributed by atoms with Crippen LogP contribution in [0, 0.1) is 12.7 Å². The quantitative estimate of drug-likeness (QED) is 0.720. The Balaban J connectivity index is 1.56. The molecule has 0 aliphatic heterocycles. The maximum Gasteiger partial charge on any atom is 0.259 e. The Labute approximate surface area is 159 Å². The van der Waals surface area contributed by atoms with Crippen LogP contribution >= 0.6 is 0 Å². The fourth-order valence-electron chi connectivity index (χ4n) is 3.40. The summed E-state index contributed by atoms with van der Waals surface area (Å²) >= 11 is 0. The summed E-state index contributed by atoms with van der Waals surface area (Å²) in [4.78, 5) is 20.6. The van der Waals surface area contributed by atoms with Crippen molar-refractivity contribution in [2.24, 2.45) is 0 Å². The van der Waals surface area contributed by atoms with Gasteiger partial charge in [-0.1, -0.05) is 18.2 Å². The maximum absolute atomic E-state index is 13.7. The smallest absolute Gasteiger partial charge is 0.259 e. The van der Waals surface area contributed by atoms with E-state index in [9.17, 15) is 18.0 Å². The molecule has 0 fully saturated rings. The van der Waals surface area contributed by atoms with Crippen molar-refractivity contribution in [2.75, 3.05) is 5.32 Å². The summed E-state index contributed by atoms with van der Waals surface area (Å²) < 4.78 is 41.0. The van der Waals surface area contributed by atoms with Crippen molar-refractivity contribution in [1.29, 1.82) is 0 Å². The molecule has 1 aliphatic rings. The molecule has 2 aromatic carbocycles. The molecule has 1 heterocycles. The minimum absolute atomic E-state index is 0.0937. The lowest BCUT2D eigenvalue weighted by molar-refractivity contribution is 0.0130. The molecule has 1 aromatic heterocycles. The van der Waals surface area contributed by atoms with E-state index < -0.39 is 17.6 Å². The number of fused-ring (bicyclic) bond motifs is 1. The summed E-state index contributed by atoms with van der Waals surface area (Å²) in [6, 6.07) is 9.12. The Bertz CT molecular complexity index is 1060. The van der Waals surface area contributed by atoms with E-state index in [0.717, 1.165) is 11.1 Å². The number of amides is 1. The molecule has 1 N–H and O–H groups in total. The number of carbonyl (C=O) groups is 1. The van der Waals surface area contributed by atoms with Crippen molar-refractivity contribution in [1.82, 2.24) is 9.97 Å². The Kier molecular flexibility index (Phi) is 4.37. The molecule has 1 amide bonds. The zero-order chi connectivity index (χ0) is 19.9.